The first-order valence-corrected chi connectivity index (χ1v) is 6.75. The Balaban J connectivity index is 1.60. The maximum absolute atomic E-state index is 11.9. The molecule has 0 unspecified atom stereocenters. The van der Waals surface area contributed by atoms with Crippen LogP contribution < -0.4 is 15.4 Å². The summed E-state index contributed by atoms with van der Waals surface area (Å²) in [7, 11) is 0. The van der Waals surface area contributed by atoms with Gasteiger partial charge in [-0.1, -0.05) is 24.3 Å². The summed E-state index contributed by atoms with van der Waals surface area (Å²) in [6, 6.07) is 5.97. The second-order valence-corrected chi connectivity index (χ2v) is 4.93. The number of hydrogen-bond acceptors (Lipinski definition) is 3. The van der Waals surface area contributed by atoms with Gasteiger partial charge in [0.15, 0.2) is 0 Å². The molecule has 2 aliphatic heterocycles. The zero-order chi connectivity index (χ0) is 13.1. The molecule has 0 fully saturated rings. The molecule has 1 aromatic rings. The second kappa shape index (κ2) is 5.45. The molecule has 100 valence electrons. The van der Waals surface area contributed by atoms with E-state index in [0.717, 1.165) is 37.3 Å². The maximum atomic E-state index is 11.9. The van der Waals surface area contributed by atoms with Crippen molar-refractivity contribution in [1.82, 2.24) is 10.6 Å². The molecule has 2 heterocycles. The summed E-state index contributed by atoms with van der Waals surface area (Å²) >= 11 is 0. The highest BCUT2D eigenvalue weighted by atomic mass is 16.5. The first-order chi connectivity index (χ1) is 9.33. The Hall–Kier alpha value is -1.81. The summed E-state index contributed by atoms with van der Waals surface area (Å²) in [5.74, 6) is 1.02. The monoisotopic (exact) mass is 258 g/mol. The van der Waals surface area contributed by atoms with E-state index in [-0.39, 0.29) is 11.9 Å². The lowest BCUT2D eigenvalue weighted by Gasteiger charge is -2.18. The standard InChI is InChI=1S/C15H18N2O2/c18-15(13-4-1-7-16-13)17-10-11-5-6-14-12(9-11)3-2-8-19-14/h1,4-6,9,13,16H,2-3,7-8,10H2,(H,17,18)/t13-/m0/s1. The predicted octanol–water partition coefficient (Wildman–Crippen LogP) is 1.16. The number of hydrogen-bond donors (Lipinski definition) is 2. The number of nitrogens with one attached hydrogen (secondary N) is 2. The number of carbonyl (C=O) groups excluding carboxylic acids is 1. The van der Waals surface area contributed by atoms with Crippen molar-refractivity contribution in [1.29, 1.82) is 0 Å². The van der Waals surface area contributed by atoms with Gasteiger partial charge >= 0.3 is 0 Å². The molecule has 1 amide bonds. The third-order valence-corrected chi connectivity index (χ3v) is 3.51. The summed E-state index contributed by atoms with van der Waals surface area (Å²) in [6.45, 7) is 2.15. The molecule has 0 spiro atoms. The molecule has 0 saturated carbocycles. The number of amides is 1. The van der Waals surface area contributed by atoms with Crippen LogP contribution in [0.4, 0.5) is 0 Å². The first-order valence-electron chi connectivity index (χ1n) is 6.75. The lowest BCUT2D eigenvalue weighted by atomic mass is 10.0. The Bertz CT molecular complexity index is 511. The van der Waals surface area contributed by atoms with Crippen molar-refractivity contribution in [3.05, 3.63) is 41.5 Å². The van der Waals surface area contributed by atoms with Gasteiger partial charge in [-0.15, -0.1) is 0 Å². The summed E-state index contributed by atoms with van der Waals surface area (Å²) in [5, 5.41) is 6.05. The Labute approximate surface area is 112 Å². The van der Waals surface area contributed by atoms with Crippen LogP contribution >= 0.6 is 0 Å². The highest BCUT2D eigenvalue weighted by molar-refractivity contribution is 5.84. The van der Waals surface area contributed by atoms with Gasteiger partial charge in [-0.3, -0.25) is 10.1 Å². The largest absolute Gasteiger partial charge is 0.493 e. The zero-order valence-corrected chi connectivity index (χ0v) is 10.8. The van der Waals surface area contributed by atoms with E-state index in [2.05, 4.69) is 16.7 Å². The summed E-state index contributed by atoms with van der Waals surface area (Å²) in [5.41, 5.74) is 2.37. The second-order valence-electron chi connectivity index (χ2n) is 4.93. The highest BCUT2D eigenvalue weighted by Crippen LogP contribution is 2.25. The fourth-order valence-corrected chi connectivity index (χ4v) is 2.47. The first kappa shape index (κ1) is 12.2. The van der Waals surface area contributed by atoms with Crippen molar-refractivity contribution < 1.29 is 9.53 Å². The molecule has 2 aliphatic rings. The van der Waals surface area contributed by atoms with Crippen molar-refractivity contribution in [3.63, 3.8) is 0 Å². The van der Waals surface area contributed by atoms with E-state index in [1.807, 2.05) is 24.3 Å². The van der Waals surface area contributed by atoms with E-state index < -0.39 is 0 Å². The molecule has 0 saturated heterocycles. The quantitative estimate of drug-likeness (QED) is 0.800. The van der Waals surface area contributed by atoms with E-state index in [4.69, 9.17) is 4.74 Å². The number of carbonyl (C=O) groups is 1. The average Bonchev–Trinajstić information content (AvgIpc) is 2.99. The average molecular weight is 258 g/mol. The Kier molecular flexibility index (Phi) is 3.51. The van der Waals surface area contributed by atoms with Crippen LogP contribution in [0.1, 0.15) is 17.5 Å². The Morgan fingerprint density at radius 3 is 3.26 bits per heavy atom. The molecule has 0 aliphatic carbocycles. The molecule has 19 heavy (non-hydrogen) atoms. The minimum absolute atomic E-state index is 0.0303. The van der Waals surface area contributed by atoms with Crippen LogP contribution in [-0.2, 0) is 17.8 Å². The fraction of sp³-hybridized carbons (Fsp3) is 0.400. The predicted molar refractivity (Wildman–Crippen MR) is 73.0 cm³/mol. The van der Waals surface area contributed by atoms with Gasteiger partial charge in [0.25, 0.3) is 0 Å². The molecule has 4 nitrogen and oxygen atoms in total. The number of rotatable bonds is 3. The van der Waals surface area contributed by atoms with E-state index in [1.54, 1.807) is 0 Å². The topological polar surface area (TPSA) is 50.4 Å². The van der Waals surface area contributed by atoms with Crippen molar-refractivity contribution in [2.24, 2.45) is 0 Å². The van der Waals surface area contributed by atoms with Gasteiger partial charge in [-0.05, 0) is 30.0 Å². The van der Waals surface area contributed by atoms with Crippen LogP contribution in [0.5, 0.6) is 5.75 Å². The van der Waals surface area contributed by atoms with Crippen molar-refractivity contribution in [3.8, 4) is 5.75 Å². The van der Waals surface area contributed by atoms with E-state index in [1.165, 1.54) is 5.56 Å². The molecule has 1 atom stereocenters. The number of benzene rings is 1. The molecule has 0 aromatic heterocycles. The lowest BCUT2D eigenvalue weighted by Crippen LogP contribution is -2.40. The van der Waals surface area contributed by atoms with Crippen molar-refractivity contribution in [2.75, 3.05) is 13.2 Å². The van der Waals surface area contributed by atoms with Gasteiger partial charge in [-0.2, -0.15) is 0 Å². The summed E-state index contributed by atoms with van der Waals surface area (Å²) in [4.78, 5) is 11.9. The molecule has 1 aromatic carbocycles. The lowest BCUT2D eigenvalue weighted by molar-refractivity contribution is -0.122. The van der Waals surface area contributed by atoms with Crippen LogP contribution in [0.3, 0.4) is 0 Å². The maximum Gasteiger partial charge on any atom is 0.241 e. The molecule has 3 rings (SSSR count). The molecule has 4 heteroatoms. The van der Waals surface area contributed by atoms with Gasteiger partial charge in [0.05, 0.1) is 6.61 Å². The third kappa shape index (κ3) is 2.79. The molecule has 0 radical (unpaired) electrons. The van der Waals surface area contributed by atoms with Crippen LogP contribution in [-0.4, -0.2) is 25.1 Å². The van der Waals surface area contributed by atoms with Crippen molar-refractivity contribution in [2.45, 2.75) is 25.4 Å². The highest BCUT2D eigenvalue weighted by Gasteiger charge is 2.17. The minimum atomic E-state index is -0.180. The van der Waals surface area contributed by atoms with Crippen LogP contribution in [0.2, 0.25) is 0 Å². The van der Waals surface area contributed by atoms with Gasteiger partial charge in [0.1, 0.15) is 11.8 Å². The Morgan fingerprint density at radius 1 is 1.47 bits per heavy atom. The normalized spacial score (nSPS) is 20.7. The van der Waals surface area contributed by atoms with Gasteiger partial charge in [-0.25, -0.2) is 0 Å². The number of ether oxygens (including phenoxy) is 1. The van der Waals surface area contributed by atoms with Crippen LogP contribution in [0, 0.1) is 0 Å². The smallest absolute Gasteiger partial charge is 0.241 e. The van der Waals surface area contributed by atoms with Crippen LogP contribution in [0.15, 0.2) is 30.4 Å². The van der Waals surface area contributed by atoms with E-state index in [0.29, 0.717) is 6.54 Å². The van der Waals surface area contributed by atoms with E-state index >= 15 is 0 Å². The van der Waals surface area contributed by atoms with E-state index in [9.17, 15) is 4.79 Å². The van der Waals surface area contributed by atoms with Crippen molar-refractivity contribution >= 4 is 5.91 Å². The summed E-state index contributed by atoms with van der Waals surface area (Å²) < 4.78 is 5.58. The fourth-order valence-electron chi connectivity index (χ4n) is 2.47. The van der Waals surface area contributed by atoms with Gasteiger partial charge < -0.3 is 10.1 Å². The zero-order valence-electron chi connectivity index (χ0n) is 10.8. The van der Waals surface area contributed by atoms with Gasteiger partial charge in [0, 0.05) is 13.1 Å². The minimum Gasteiger partial charge on any atom is -0.493 e. The number of fused-ring (bicyclic) bond motifs is 1. The third-order valence-electron chi connectivity index (χ3n) is 3.51. The molecule has 2 N–H and O–H groups in total. The van der Waals surface area contributed by atoms with Gasteiger partial charge in [0.2, 0.25) is 5.91 Å². The van der Waals surface area contributed by atoms with Crippen LogP contribution in [0.25, 0.3) is 0 Å². The molecular formula is C15H18N2O2. The molecule has 0 bridgehead atoms. The SMILES string of the molecule is O=C(NCc1ccc2c(c1)CCCO2)[C@@H]1C=CCN1. The number of aryl methyl sites for hydroxylation is 1. The molecular weight excluding hydrogens is 240 g/mol. The Morgan fingerprint density at radius 2 is 2.42 bits per heavy atom. The summed E-state index contributed by atoms with van der Waals surface area (Å²) in [6.07, 6.45) is 6.00.